The van der Waals surface area contributed by atoms with E-state index in [1.165, 1.54) is 4.88 Å². The molecule has 1 aromatic carbocycles. The van der Waals surface area contributed by atoms with Crippen molar-refractivity contribution in [2.45, 2.75) is 13.8 Å². The minimum Gasteiger partial charge on any atom is -0.352 e. The lowest BCUT2D eigenvalue weighted by Gasteiger charge is -2.35. The van der Waals surface area contributed by atoms with Gasteiger partial charge in [-0.25, -0.2) is 9.97 Å². The van der Waals surface area contributed by atoms with E-state index in [-0.39, 0.29) is 5.91 Å². The van der Waals surface area contributed by atoms with E-state index in [9.17, 15) is 4.79 Å². The molecular weight excluding hydrogens is 332 g/mol. The highest BCUT2D eigenvalue weighted by Crippen LogP contribution is 2.30. The first-order chi connectivity index (χ1) is 12.1. The molecular formula is C19H20N4OS. The summed E-state index contributed by atoms with van der Waals surface area (Å²) < 4.78 is 0. The first-order valence-electron chi connectivity index (χ1n) is 8.44. The third-order valence-corrected chi connectivity index (χ3v) is 5.52. The maximum atomic E-state index is 12.7. The van der Waals surface area contributed by atoms with Crippen molar-refractivity contribution in [1.29, 1.82) is 0 Å². The molecule has 0 saturated carbocycles. The predicted molar refractivity (Wildman–Crippen MR) is 101 cm³/mol. The predicted octanol–water partition coefficient (Wildman–Crippen LogP) is 3.27. The summed E-state index contributed by atoms with van der Waals surface area (Å²) in [5.41, 5.74) is 1.88. The second kappa shape index (κ2) is 6.44. The third kappa shape index (κ3) is 3.09. The molecule has 1 amide bonds. The maximum absolute atomic E-state index is 12.7. The van der Waals surface area contributed by atoms with E-state index < -0.39 is 0 Å². The number of carbonyl (C=O) groups excluding carboxylic acids is 1. The summed E-state index contributed by atoms with van der Waals surface area (Å²) in [6.45, 7) is 7.10. The van der Waals surface area contributed by atoms with Gasteiger partial charge in [0.05, 0.1) is 5.39 Å². The van der Waals surface area contributed by atoms with Crippen LogP contribution in [0.1, 0.15) is 20.8 Å². The number of rotatable bonds is 2. The summed E-state index contributed by atoms with van der Waals surface area (Å²) in [5.74, 6) is 1.10. The highest BCUT2D eigenvalue weighted by molar-refractivity contribution is 7.18. The highest BCUT2D eigenvalue weighted by Gasteiger charge is 2.24. The molecule has 5 nitrogen and oxygen atoms in total. The minimum absolute atomic E-state index is 0.113. The van der Waals surface area contributed by atoms with Gasteiger partial charge in [0.2, 0.25) is 0 Å². The molecule has 2 aromatic heterocycles. The largest absolute Gasteiger partial charge is 0.352 e. The molecule has 1 fully saturated rings. The van der Waals surface area contributed by atoms with Crippen molar-refractivity contribution < 1.29 is 4.79 Å². The summed E-state index contributed by atoms with van der Waals surface area (Å²) >= 11 is 1.69. The molecule has 0 spiro atoms. The van der Waals surface area contributed by atoms with Crippen molar-refractivity contribution in [3.63, 3.8) is 0 Å². The van der Waals surface area contributed by atoms with Crippen molar-refractivity contribution in [2.75, 3.05) is 31.1 Å². The molecule has 0 N–H and O–H groups in total. The Kier molecular flexibility index (Phi) is 4.13. The zero-order chi connectivity index (χ0) is 17.4. The van der Waals surface area contributed by atoms with Gasteiger partial charge in [-0.15, -0.1) is 11.3 Å². The number of aryl methyl sites for hydroxylation is 2. The van der Waals surface area contributed by atoms with E-state index in [2.05, 4.69) is 27.9 Å². The Hall–Kier alpha value is -2.47. The van der Waals surface area contributed by atoms with Crippen LogP contribution in [0, 0.1) is 13.8 Å². The van der Waals surface area contributed by atoms with Crippen LogP contribution in [0.4, 0.5) is 5.82 Å². The summed E-state index contributed by atoms with van der Waals surface area (Å²) in [4.78, 5) is 28.0. The lowest BCUT2D eigenvalue weighted by Crippen LogP contribution is -2.49. The topological polar surface area (TPSA) is 49.3 Å². The number of hydrogen-bond donors (Lipinski definition) is 0. The lowest BCUT2D eigenvalue weighted by molar-refractivity contribution is 0.0746. The van der Waals surface area contributed by atoms with Crippen LogP contribution in [-0.4, -0.2) is 47.0 Å². The number of anilines is 1. The third-order valence-electron chi connectivity index (χ3n) is 4.56. The number of piperazine rings is 1. The smallest absolute Gasteiger partial charge is 0.253 e. The summed E-state index contributed by atoms with van der Waals surface area (Å²) in [5, 5.41) is 1.11. The summed E-state index contributed by atoms with van der Waals surface area (Å²) in [6.07, 6.45) is 1.64. The Balaban J connectivity index is 1.50. The van der Waals surface area contributed by atoms with Crippen LogP contribution in [0.25, 0.3) is 10.2 Å². The van der Waals surface area contributed by atoms with Gasteiger partial charge in [-0.1, -0.05) is 17.7 Å². The number of fused-ring (bicyclic) bond motifs is 1. The number of benzene rings is 1. The van der Waals surface area contributed by atoms with Gasteiger partial charge in [-0.2, -0.15) is 0 Å². The molecule has 3 aromatic rings. The van der Waals surface area contributed by atoms with Crippen LogP contribution in [0.2, 0.25) is 0 Å². The van der Waals surface area contributed by atoms with Crippen molar-refractivity contribution in [3.05, 3.63) is 52.7 Å². The number of nitrogens with zero attached hydrogens (tertiary/aromatic N) is 4. The van der Waals surface area contributed by atoms with Gasteiger partial charge in [0, 0.05) is 36.6 Å². The summed E-state index contributed by atoms with van der Waals surface area (Å²) in [7, 11) is 0. The van der Waals surface area contributed by atoms with E-state index in [1.807, 2.05) is 36.1 Å². The normalized spacial score (nSPS) is 15.0. The maximum Gasteiger partial charge on any atom is 0.253 e. The first-order valence-corrected chi connectivity index (χ1v) is 9.25. The zero-order valence-corrected chi connectivity index (χ0v) is 15.2. The lowest BCUT2D eigenvalue weighted by atomic mass is 10.1. The van der Waals surface area contributed by atoms with Gasteiger partial charge in [-0.3, -0.25) is 4.79 Å². The SMILES string of the molecule is Cc1cccc(C(=O)N2CCN(c3ncnc4sc(C)cc34)CC2)c1. The molecule has 128 valence electrons. The average molecular weight is 352 g/mol. The number of aromatic nitrogens is 2. The number of hydrogen-bond acceptors (Lipinski definition) is 5. The fraction of sp³-hybridized carbons (Fsp3) is 0.316. The van der Waals surface area contributed by atoms with Gasteiger partial charge < -0.3 is 9.80 Å². The van der Waals surface area contributed by atoms with Crippen LogP contribution in [0.5, 0.6) is 0 Å². The molecule has 0 aliphatic carbocycles. The monoisotopic (exact) mass is 352 g/mol. The van der Waals surface area contributed by atoms with Crippen LogP contribution >= 0.6 is 11.3 Å². The molecule has 1 aliphatic rings. The van der Waals surface area contributed by atoms with Crippen molar-refractivity contribution in [3.8, 4) is 0 Å². The average Bonchev–Trinajstić information content (AvgIpc) is 3.01. The van der Waals surface area contributed by atoms with E-state index in [1.54, 1.807) is 17.7 Å². The highest BCUT2D eigenvalue weighted by atomic mass is 32.1. The Bertz CT molecular complexity index is 928. The van der Waals surface area contributed by atoms with Crippen LogP contribution in [-0.2, 0) is 0 Å². The van der Waals surface area contributed by atoms with Crippen molar-refractivity contribution in [2.24, 2.45) is 0 Å². The van der Waals surface area contributed by atoms with Crippen LogP contribution in [0.15, 0.2) is 36.7 Å². The van der Waals surface area contributed by atoms with E-state index in [0.717, 1.165) is 40.3 Å². The Morgan fingerprint density at radius 3 is 2.64 bits per heavy atom. The Labute approximate surface area is 150 Å². The molecule has 1 aliphatic heterocycles. The number of amides is 1. The van der Waals surface area contributed by atoms with Gasteiger partial charge in [0.1, 0.15) is 17.0 Å². The second-order valence-electron chi connectivity index (χ2n) is 6.42. The first kappa shape index (κ1) is 16.0. The molecule has 25 heavy (non-hydrogen) atoms. The van der Waals surface area contributed by atoms with Gasteiger partial charge in [0.15, 0.2) is 0 Å². The van der Waals surface area contributed by atoms with Crippen molar-refractivity contribution in [1.82, 2.24) is 14.9 Å². The molecule has 3 heterocycles. The van der Waals surface area contributed by atoms with E-state index in [4.69, 9.17) is 0 Å². The zero-order valence-electron chi connectivity index (χ0n) is 14.4. The van der Waals surface area contributed by atoms with Gasteiger partial charge >= 0.3 is 0 Å². The molecule has 0 bridgehead atoms. The van der Waals surface area contributed by atoms with E-state index >= 15 is 0 Å². The quantitative estimate of drug-likeness (QED) is 0.710. The molecule has 0 radical (unpaired) electrons. The fourth-order valence-electron chi connectivity index (χ4n) is 3.30. The second-order valence-corrected chi connectivity index (χ2v) is 7.66. The molecule has 0 unspecified atom stereocenters. The molecule has 6 heteroatoms. The molecule has 0 atom stereocenters. The Morgan fingerprint density at radius 1 is 1.08 bits per heavy atom. The van der Waals surface area contributed by atoms with Gasteiger partial charge in [-0.05, 0) is 32.0 Å². The number of carbonyl (C=O) groups is 1. The van der Waals surface area contributed by atoms with Crippen molar-refractivity contribution >= 4 is 33.3 Å². The van der Waals surface area contributed by atoms with E-state index in [0.29, 0.717) is 13.1 Å². The standard InChI is InChI=1S/C19H20N4OS/c1-13-4-3-5-15(10-13)19(24)23-8-6-22(7-9-23)17-16-11-14(2)25-18(16)21-12-20-17/h3-5,10-12H,6-9H2,1-2H3. The minimum atomic E-state index is 0.113. The number of thiophene rings is 1. The summed E-state index contributed by atoms with van der Waals surface area (Å²) in [6, 6.07) is 9.95. The molecule has 4 rings (SSSR count). The van der Waals surface area contributed by atoms with Crippen LogP contribution < -0.4 is 4.90 Å². The Morgan fingerprint density at radius 2 is 1.88 bits per heavy atom. The fourth-order valence-corrected chi connectivity index (χ4v) is 4.14. The van der Waals surface area contributed by atoms with Crippen LogP contribution in [0.3, 0.4) is 0 Å². The molecule has 1 saturated heterocycles. The van der Waals surface area contributed by atoms with Gasteiger partial charge in [0.25, 0.3) is 5.91 Å².